The molecule has 1 aliphatic rings. The van der Waals surface area contributed by atoms with Gasteiger partial charge in [0, 0.05) is 39.8 Å². The van der Waals surface area contributed by atoms with Crippen molar-refractivity contribution in [3.05, 3.63) is 65.2 Å². The molecule has 0 bridgehead atoms. The third-order valence-electron chi connectivity index (χ3n) is 5.04. The number of morpholine rings is 1. The summed E-state index contributed by atoms with van der Waals surface area (Å²) in [4.78, 5) is 6.81. The highest BCUT2D eigenvalue weighted by Crippen LogP contribution is 2.14. The first kappa shape index (κ1) is 22.1. The van der Waals surface area contributed by atoms with Crippen LogP contribution in [0, 0.1) is 0 Å². The summed E-state index contributed by atoms with van der Waals surface area (Å²) in [5.74, 6) is 1.69. The van der Waals surface area contributed by atoms with E-state index in [0.717, 1.165) is 51.1 Å². The molecule has 1 aliphatic heterocycles. The second-order valence-electron chi connectivity index (χ2n) is 7.75. The van der Waals surface area contributed by atoms with Crippen molar-refractivity contribution in [3.63, 3.8) is 0 Å². The minimum absolute atomic E-state index is 0.183. The first-order chi connectivity index (χ1) is 14.6. The Morgan fingerprint density at radius 2 is 1.67 bits per heavy atom. The molecule has 3 rings (SSSR count). The van der Waals surface area contributed by atoms with E-state index in [1.807, 2.05) is 26.0 Å². The number of aliphatic imine (C=N–C) groups is 1. The molecule has 2 aromatic rings. The predicted octanol–water partition coefficient (Wildman–Crippen LogP) is 3.17. The van der Waals surface area contributed by atoms with Gasteiger partial charge < -0.3 is 20.1 Å². The van der Waals surface area contributed by atoms with Crippen molar-refractivity contribution < 1.29 is 9.47 Å². The highest BCUT2D eigenvalue weighted by molar-refractivity contribution is 5.79. The molecule has 0 atom stereocenters. The number of benzene rings is 2. The lowest BCUT2D eigenvalue weighted by atomic mass is 10.1. The minimum atomic E-state index is 0.183. The zero-order valence-corrected chi connectivity index (χ0v) is 18.4. The second kappa shape index (κ2) is 11.6. The Morgan fingerprint density at radius 3 is 2.33 bits per heavy atom. The highest BCUT2D eigenvalue weighted by atomic mass is 16.5. The van der Waals surface area contributed by atoms with Gasteiger partial charge >= 0.3 is 0 Å². The predicted molar refractivity (Wildman–Crippen MR) is 122 cm³/mol. The van der Waals surface area contributed by atoms with E-state index in [2.05, 4.69) is 56.9 Å². The van der Waals surface area contributed by atoms with Crippen molar-refractivity contribution >= 4 is 5.96 Å². The van der Waals surface area contributed by atoms with Crippen LogP contribution < -0.4 is 15.4 Å². The molecule has 0 radical (unpaired) electrons. The van der Waals surface area contributed by atoms with E-state index in [-0.39, 0.29) is 6.10 Å². The molecule has 1 heterocycles. The average Bonchev–Trinajstić information content (AvgIpc) is 2.76. The maximum Gasteiger partial charge on any atom is 0.191 e. The number of nitrogens with one attached hydrogen (secondary N) is 2. The summed E-state index contributed by atoms with van der Waals surface area (Å²) in [6.45, 7) is 10.1. The van der Waals surface area contributed by atoms with Crippen LogP contribution in [0.2, 0.25) is 0 Å². The Hall–Kier alpha value is -2.57. The van der Waals surface area contributed by atoms with Crippen molar-refractivity contribution in [2.45, 2.75) is 39.6 Å². The van der Waals surface area contributed by atoms with Gasteiger partial charge in [-0.25, -0.2) is 0 Å². The summed E-state index contributed by atoms with van der Waals surface area (Å²) in [6.07, 6.45) is 0.183. The molecule has 162 valence electrons. The summed E-state index contributed by atoms with van der Waals surface area (Å²) in [7, 11) is 1.80. The number of hydrogen-bond donors (Lipinski definition) is 2. The van der Waals surface area contributed by atoms with Gasteiger partial charge in [-0.2, -0.15) is 0 Å². The fraction of sp³-hybridized carbons (Fsp3) is 0.458. The second-order valence-corrected chi connectivity index (χ2v) is 7.75. The fourth-order valence-electron chi connectivity index (χ4n) is 3.43. The van der Waals surface area contributed by atoms with Crippen LogP contribution in [-0.4, -0.2) is 50.3 Å². The molecule has 0 saturated carbocycles. The van der Waals surface area contributed by atoms with Gasteiger partial charge in [-0.1, -0.05) is 36.4 Å². The number of hydrogen-bond acceptors (Lipinski definition) is 4. The molecule has 0 aliphatic carbocycles. The standard InChI is InChI=1S/C24H34N4O2/c1-19(2)30-23-10-8-20(9-11-23)16-26-24(25-3)27-17-21-6-4-5-7-22(21)18-28-12-14-29-15-13-28/h4-11,19H,12-18H2,1-3H3,(H2,25,26,27). The maximum atomic E-state index is 5.70. The van der Waals surface area contributed by atoms with E-state index in [1.165, 1.54) is 16.7 Å². The first-order valence-corrected chi connectivity index (χ1v) is 10.7. The lowest BCUT2D eigenvalue weighted by molar-refractivity contribution is 0.0341. The third-order valence-corrected chi connectivity index (χ3v) is 5.04. The van der Waals surface area contributed by atoms with E-state index in [1.54, 1.807) is 7.05 Å². The number of guanidine groups is 1. The molecule has 30 heavy (non-hydrogen) atoms. The topological polar surface area (TPSA) is 58.1 Å². The van der Waals surface area contributed by atoms with Gasteiger partial charge in [0.15, 0.2) is 5.96 Å². The van der Waals surface area contributed by atoms with Gasteiger partial charge in [0.25, 0.3) is 0 Å². The van der Waals surface area contributed by atoms with Crippen molar-refractivity contribution in [1.29, 1.82) is 0 Å². The SMILES string of the molecule is CN=C(NCc1ccc(OC(C)C)cc1)NCc1ccccc1CN1CCOCC1. The molecule has 6 heteroatoms. The number of rotatable bonds is 8. The molecule has 2 N–H and O–H groups in total. The van der Waals surface area contributed by atoms with Crippen LogP contribution in [0.1, 0.15) is 30.5 Å². The average molecular weight is 411 g/mol. The zero-order valence-electron chi connectivity index (χ0n) is 18.4. The Bertz CT molecular complexity index is 799. The summed E-state index contributed by atoms with van der Waals surface area (Å²) in [5.41, 5.74) is 3.83. The molecule has 6 nitrogen and oxygen atoms in total. The molecule has 0 aromatic heterocycles. The quantitative estimate of drug-likeness (QED) is 0.517. The Kier molecular flexibility index (Phi) is 8.53. The van der Waals surface area contributed by atoms with Gasteiger partial charge in [-0.3, -0.25) is 9.89 Å². The molecular weight excluding hydrogens is 376 g/mol. The van der Waals surface area contributed by atoms with Crippen LogP contribution in [0.4, 0.5) is 0 Å². The monoisotopic (exact) mass is 410 g/mol. The van der Waals surface area contributed by atoms with E-state index in [9.17, 15) is 0 Å². The number of ether oxygens (including phenoxy) is 2. The number of nitrogens with zero attached hydrogens (tertiary/aromatic N) is 2. The lowest BCUT2D eigenvalue weighted by Crippen LogP contribution is -2.37. The van der Waals surface area contributed by atoms with Gasteiger partial charge in [0.1, 0.15) is 5.75 Å². The highest BCUT2D eigenvalue weighted by Gasteiger charge is 2.12. The van der Waals surface area contributed by atoms with E-state index < -0.39 is 0 Å². The van der Waals surface area contributed by atoms with Gasteiger partial charge in [0.2, 0.25) is 0 Å². The van der Waals surface area contributed by atoms with E-state index in [0.29, 0.717) is 6.54 Å². The van der Waals surface area contributed by atoms with E-state index >= 15 is 0 Å². The fourth-order valence-corrected chi connectivity index (χ4v) is 3.43. The maximum absolute atomic E-state index is 5.70. The lowest BCUT2D eigenvalue weighted by Gasteiger charge is -2.27. The molecule has 0 spiro atoms. The van der Waals surface area contributed by atoms with E-state index in [4.69, 9.17) is 9.47 Å². The largest absolute Gasteiger partial charge is 0.491 e. The molecule has 1 saturated heterocycles. The molecule has 0 unspecified atom stereocenters. The third kappa shape index (κ3) is 7.04. The summed E-state index contributed by atoms with van der Waals surface area (Å²) in [6, 6.07) is 16.8. The molecule has 0 amide bonds. The van der Waals surface area contributed by atoms with Gasteiger partial charge in [-0.05, 0) is 42.7 Å². The van der Waals surface area contributed by atoms with Crippen LogP contribution in [-0.2, 0) is 24.4 Å². The van der Waals surface area contributed by atoms with Crippen molar-refractivity contribution in [1.82, 2.24) is 15.5 Å². The van der Waals surface area contributed by atoms with Crippen LogP contribution in [0.15, 0.2) is 53.5 Å². The van der Waals surface area contributed by atoms with Gasteiger partial charge in [-0.15, -0.1) is 0 Å². The minimum Gasteiger partial charge on any atom is -0.491 e. The van der Waals surface area contributed by atoms with Crippen LogP contribution in [0.5, 0.6) is 5.75 Å². The van der Waals surface area contributed by atoms with Gasteiger partial charge in [0.05, 0.1) is 19.3 Å². The molecule has 2 aromatic carbocycles. The smallest absolute Gasteiger partial charge is 0.191 e. The van der Waals surface area contributed by atoms with Crippen LogP contribution in [0.3, 0.4) is 0 Å². The normalized spacial score (nSPS) is 15.3. The zero-order chi connectivity index (χ0) is 21.2. The first-order valence-electron chi connectivity index (χ1n) is 10.7. The summed E-state index contributed by atoms with van der Waals surface area (Å²) in [5, 5.41) is 6.83. The van der Waals surface area contributed by atoms with Crippen LogP contribution >= 0.6 is 0 Å². The van der Waals surface area contributed by atoms with Crippen molar-refractivity contribution in [2.24, 2.45) is 4.99 Å². The molecule has 1 fully saturated rings. The summed E-state index contributed by atoms with van der Waals surface area (Å²) >= 11 is 0. The molecular formula is C24H34N4O2. The van der Waals surface area contributed by atoms with Crippen molar-refractivity contribution in [3.8, 4) is 5.75 Å². The van der Waals surface area contributed by atoms with Crippen LogP contribution in [0.25, 0.3) is 0 Å². The Morgan fingerprint density at radius 1 is 1.00 bits per heavy atom. The Labute approximate surface area is 180 Å². The van der Waals surface area contributed by atoms with Crippen molar-refractivity contribution in [2.75, 3.05) is 33.4 Å². The summed E-state index contributed by atoms with van der Waals surface area (Å²) < 4.78 is 11.2. The Balaban J connectivity index is 1.50.